The van der Waals surface area contributed by atoms with Crippen LogP contribution in [0.2, 0.25) is 0 Å². The van der Waals surface area contributed by atoms with E-state index < -0.39 is 26.5 Å². The Hall–Kier alpha value is -1.25. The van der Waals surface area contributed by atoms with E-state index in [1.807, 2.05) is 21.1 Å². The Bertz CT molecular complexity index is 876. The fourth-order valence-electron chi connectivity index (χ4n) is 5.54. The summed E-state index contributed by atoms with van der Waals surface area (Å²) in [6.45, 7) is 4.40. The first kappa shape index (κ1) is 48.8. The van der Waals surface area contributed by atoms with Gasteiger partial charge in [-0.1, -0.05) is 142 Å². The second-order valence-corrected chi connectivity index (χ2v) is 16.5. The highest BCUT2D eigenvalue weighted by Crippen LogP contribution is 2.43. The van der Waals surface area contributed by atoms with Crippen LogP contribution in [0.4, 0.5) is 0 Å². The molecule has 10 heteroatoms. The number of phosphoric acid groups is 1. The predicted molar refractivity (Wildman–Crippen MR) is 206 cm³/mol. The number of phosphoric ester groups is 1. The van der Waals surface area contributed by atoms with Crippen LogP contribution < -0.4 is 0 Å². The monoisotopic (exact) mass is 733 g/mol. The summed E-state index contributed by atoms with van der Waals surface area (Å²) in [6.07, 6.45) is 32.5. The fraction of sp³-hybridized carbons (Fsp3) is 0.900. The Morgan fingerprint density at radius 1 is 0.600 bits per heavy atom. The molecule has 2 unspecified atom stereocenters. The molecule has 0 radical (unpaired) electrons. The first-order valence-electron chi connectivity index (χ1n) is 20.4. The van der Waals surface area contributed by atoms with Gasteiger partial charge in [0.15, 0.2) is 6.10 Å². The zero-order chi connectivity index (χ0) is 37.2. The molecule has 0 aliphatic heterocycles. The molecule has 0 fully saturated rings. The summed E-state index contributed by atoms with van der Waals surface area (Å²) in [5.74, 6) is -0.804. The number of quaternary nitrogens is 1. The van der Waals surface area contributed by atoms with Crippen molar-refractivity contribution >= 4 is 19.8 Å². The number of likely N-dealkylation sites (N-methyl/N-ethyl adjacent to an activating group) is 1. The maximum Gasteiger partial charge on any atom is 0.472 e. The number of hydrogen-bond donors (Lipinski definition) is 1. The van der Waals surface area contributed by atoms with Crippen LogP contribution in [0, 0.1) is 0 Å². The topological polar surface area (TPSA) is 108 Å². The van der Waals surface area contributed by atoms with Gasteiger partial charge in [-0.25, -0.2) is 4.57 Å². The van der Waals surface area contributed by atoms with E-state index in [0.29, 0.717) is 17.4 Å². The standard InChI is InChI=1S/C40H78NO8P/c1-6-8-10-12-14-16-18-19-20-21-23-24-26-28-30-32-39(42)46-36-38(37-48-50(44,45)47-35-34-41(3,4)5)49-40(43)33-31-29-27-25-22-17-15-13-11-9-7-2/h19-20,38H,6-18,21-37H2,1-5H3/p+1. The van der Waals surface area contributed by atoms with E-state index in [1.54, 1.807) is 0 Å². The molecule has 9 nitrogen and oxygen atoms in total. The van der Waals surface area contributed by atoms with Gasteiger partial charge in [-0.05, 0) is 38.5 Å². The van der Waals surface area contributed by atoms with Gasteiger partial charge < -0.3 is 18.9 Å². The summed E-state index contributed by atoms with van der Waals surface area (Å²) in [5, 5.41) is 0. The van der Waals surface area contributed by atoms with E-state index in [2.05, 4.69) is 26.0 Å². The molecule has 0 saturated heterocycles. The number of nitrogens with zero attached hydrogens (tertiary/aromatic N) is 1. The van der Waals surface area contributed by atoms with Gasteiger partial charge in [0.1, 0.15) is 19.8 Å². The van der Waals surface area contributed by atoms with Crippen LogP contribution >= 0.6 is 7.82 Å². The summed E-state index contributed by atoms with van der Waals surface area (Å²) in [6, 6.07) is 0. The molecule has 296 valence electrons. The van der Waals surface area contributed by atoms with Crippen LogP contribution in [0.15, 0.2) is 12.2 Å². The van der Waals surface area contributed by atoms with E-state index in [1.165, 1.54) is 96.3 Å². The maximum absolute atomic E-state index is 12.6. The summed E-state index contributed by atoms with van der Waals surface area (Å²) >= 11 is 0. The fourth-order valence-corrected chi connectivity index (χ4v) is 6.28. The highest BCUT2D eigenvalue weighted by molar-refractivity contribution is 7.47. The number of rotatable bonds is 37. The Morgan fingerprint density at radius 3 is 1.48 bits per heavy atom. The first-order valence-corrected chi connectivity index (χ1v) is 21.9. The Morgan fingerprint density at radius 2 is 1.02 bits per heavy atom. The molecule has 0 amide bonds. The van der Waals surface area contributed by atoms with E-state index in [-0.39, 0.29) is 32.0 Å². The van der Waals surface area contributed by atoms with Crippen molar-refractivity contribution in [1.82, 2.24) is 0 Å². The number of esters is 2. The SMILES string of the molecule is CCCCCCCCC=CCCCCCCCC(=O)OCC(COP(=O)(O)OCC[N+](C)(C)C)OC(=O)CCCCCCCCCCCCC. The van der Waals surface area contributed by atoms with Crippen LogP contribution in [0.1, 0.15) is 181 Å². The highest BCUT2D eigenvalue weighted by Gasteiger charge is 2.27. The number of ether oxygens (including phenoxy) is 2. The van der Waals surface area contributed by atoms with Gasteiger partial charge in [-0.2, -0.15) is 0 Å². The molecule has 2 atom stereocenters. The molecular formula is C40H79NO8P+. The van der Waals surface area contributed by atoms with E-state index in [4.69, 9.17) is 18.5 Å². The maximum atomic E-state index is 12.6. The highest BCUT2D eigenvalue weighted by atomic mass is 31.2. The predicted octanol–water partition coefficient (Wildman–Crippen LogP) is 11.0. The Labute approximate surface area is 307 Å². The number of unbranched alkanes of at least 4 members (excludes halogenated alkanes) is 21. The van der Waals surface area contributed by atoms with E-state index >= 15 is 0 Å². The average Bonchev–Trinajstić information content (AvgIpc) is 3.06. The minimum atomic E-state index is -4.36. The molecule has 50 heavy (non-hydrogen) atoms. The number of carbonyl (C=O) groups is 2. The number of hydrogen-bond acceptors (Lipinski definition) is 7. The summed E-state index contributed by atoms with van der Waals surface area (Å²) in [5.41, 5.74) is 0. The van der Waals surface area contributed by atoms with Crippen molar-refractivity contribution in [2.45, 2.75) is 187 Å². The van der Waals surface area contributed by atoms with Crippen molar-refractivity contribution in [2.75, 3.05) is 47.5 Å². The minimum Gasteiger partial charge on any atom is -0.462 e. The van der Waals surface area contributed by atoms with Crippen molar-refractivity contribution in [2.24, 2.45) is 0 Å². The third kappa shape index (κ3) is 36.5. The van der Waals surface area contributed by atoms with Crippen LogP contribution in [-0.2, 0) is 32.7 Å². The van der Waals surface area contributed by atoms with Crippen LogP contribution in [-0.4, -0.2) is 74.9 Å². The largest absolute Gasteiger partial charge is 0.472 e. The average molecular weight is 733 g/mol. The molecule has 0 aliphatic rings. The van der Waals surface area contributed by atoms with Crippen LogP contribution in [0.3, 0.4) is 0 Å². The molecule has 0 aromatic heterocycles. The summed E-state index contributed by atoms with van der Waals surface area (Å²) in [4.78, 5) is 35.2. The second kappa shape index (κ2) is 33.6. The van der Waals surface area contributed by atoms with Gasteiger partial charge in [0.2, 0.25) is 0 Å². The zero-order valence-electron chi connectivity index (χ0n) is 33.1. The molecule has 0 aromatic carbocycles. The zero-order valence-corrected chi connectivity index (χ0v) is 34.0. The number of allylic oxidation sites excluding steroid dienone is 2. The van der Waals surface area contributed by atoms with Crippen molar-refractivity contribution in [3.05, 3.63) is 12.2 Å². The second-order valence-electron chi connectivity index (χ2n) is 15.0. The van der Waals surface area contributed by atoms with Crippen molar-refractivity contribution in [3.8, 4) is 0 Å². The lowest BCUT2D eigenvalue weighted by Gasteiger charge is -2.24. The van der Waals surface area contributed by atoms with Crippen molar-refractivity contribution in [3.63, 3.8) is 0 Å². The van der Waals surface area contributed by atoms with Crippen molar-refractivity contribution < 1.29 is 42.1 Å². The third-order valence-electron chi connectivity index (χ3n) is 8.80. The molecular weight excluding hydrogens is 653 g/mol. The first-order chi connectivity index (χ1) is 24.0. The quantitative estimate of drug-likeness (QED) is 0.0221. The molecule has 0 bridgehead atoms. The normalized spacial score (nSPS) is 13.8. The molecule has 0 heterocycles. The van der Waals surface area contributed by atoms with Gasteiger partial charge in [0, 0.05) is 12.8 Å². The summed E-state index contributed by atoms with van der Waals surface area (Å²) in [7, 11) is 1.48. The van der Waals surface area contributed by atoms with Crippen LogP contribution in [0.5, 0.6) is 0 Å². The van der Waals surface area contributed by atoms with E-state index in [9.17, 15) is 19.0 Å². The smallest absolute Gasteiger partial charge is 0.462 e. The molecule has 0 spiro atoms. The van der Waals surface area contributed by atoms with Gasteiger partial charge in [-0.3, -0.25) is 18.6 Å². The van der Waals surface area contributed by atoms with Crippen molar-refractivity contribution in [1.29, 1.82) is 0 Å². The molecule has 0 aromatic rings. The third-order valence-corrected chi connectivity index (χ3v) is 9.78. The van der Waals surface area contributed by atoms with Gasteiger partial charge in [0.25, 0.3) is 0 Å². The molecule has 0 rings (SSSR count). The lowest BCUT2D eigenvalue weighted by molar-refractivity contribution is -0.870. The van der Waals surface area contributed by atoms with E-state index in [0.717, 1.165) is 51.4 Å². The van der Waals surface area contributed by atoms with Gasteiger partial charge in [-0.15, -0.1) is 0 Å². The number of carbonyl (C=O) groups excluding carboxylic acids is 2. The lowest BCUT2D eigenvalue weighted by atomic mass is 10.1. The van der Waals surface area contributed by atoms with Crippen LogP contribution in [0.25, 0.3) is 0 Å². The molecule has 1 N–H and O–H groups in total. The summed E-state index contributed by atoms with van der Waals surface area (Å²) < 4.78 is 34.2. The minimum absolute atomic E-state index is 0.0333. The Balaban J connectivity index is 4.38. The van der Waals surface area contributed by atoms with Gasteiger partial charge in [0.05, 0.1) is 27.7 Å². The molecule has 0 aliphatic carbocycles. The lowest BCUT2D eigenvalue weighted by Crippen LogP contribution is -2.37. The van der Waals surface area contributed by atoms with Gasteiger partial charge >= 0.3 is 19.8 Å². The molecule has 0 saturated carbocycles. The Kier molecular flexibility index (Phi) is 32.7.